The Morgan fingerprint density at radius 3 is 2.74 bits per heavy atom. The van der Waals surface area contributed by atoms with Gasteiger partial charge in [0.25, 0.3) is 0 Å². The van der Waals surface area contributed by atoms with E-state index in [-0.39, 0.29) is 5.43 Å². The third-order valence-electron chi connectivity index (χ3n) is 3.52. The summed E-state index contributed by atoms with van der Waals surface area (Å²) in [6, 6.07) is 1.57. The van der Waals surface area contributed by atoms with Crippen molar-refractivity contribution >= 4 is 11.6 Å². The predicted molar refractivity (Wildman–Crippen MR) is 77.1 cm³/mol. The van der Waals surface area contributed by atoms with Crippen LogP contribution in [0.25, 0.3) is 0 Å². The Morgan fingerprint density at radius 1 is 1.37 bits per heavy atom. The lowest BCUT2D eigenvalue weighted by Gasteiger charge is -2.16. The number of hydrogen-bond donors (Lipinski definition) is 0. The normalized spacial score (nSPS) is 15.9. The van der Waals surface area contributed by atoms with E-state index in [1.807, 2.05) is 11.5 Å². The lowest BCUT2D eigenvalue weighted by Crippen LogP contribution is -2.26. The van der Waals surface area contributed by atoms with Gasteiger partial charge in [0.15, 0.2) is 5.75 Å². The van der Waals surface area contributed by atoms with Gasteiger partial charge in [0.05, 0.1) is 12.1 Å². The molecule has 4 nitrogen and oxygen atoms in total. The lowest BCUT2D eigenvalue weighted by atomic mass is 10.3. The van der Waals surface area contributed by atoms with Gasteiger partial charge in [-0.05, 0) is 32.9 Å². The molecule has 106 valence electrons. The Labute approximate surface area is 118 Å². The van der Waals surface area contributed by atoms with E-state index in [4.69, 9.17) is 16.3 Å². The standard InChI is InChI=1S/C14H21ClN2O2/c1-2-17-11-14(13(18)9-12(17)10-15)19-8-7-16-5-3-4-6-16/h9,11H,2-8,10H2,1H3. The molecule has 0 atom stereocenters. The molecule has 1 aromatic rings. The predicted octanol–water partition coefficient (Wildman–Crippen LogP) is 2.08. The van der Waals surface area contributed by atoms with Crippen LogP contribution in [0, 0.1) is 0 Å². The van der Waals surface area contributed by atoms with Crippen molar-refractivity contribution in [3.05, 3.63) is 28.2 Å². The van der Waals surface area contributed by atoms with Crippen LogP contribution in [-0.2, 0) is 12.4 Å². The van der Waals surface area contributed by atoms with E-state index >= 15 is 0 Å². The second-order valence-corrected chi connectivity index (χ2v) is 5.08. The zero-order chi connectivity index (χ0) is 13.7. The zero-order valence-electron chi connectivity index (χ0n) is 11.4. The van der Waals surface area contributed by atoms with Gasteiger partial charge >= 0.3 is 0 Å². The molecule has 1 fully saturated rings. The minimum absolute atomic E-state index is 0.0817. The van der Waals surface area contributed by atoms with Gasteiger partial charge in [-0.25, -0.2) is 0 Å². The lowest BCUT2D eigenvalue weighted by molar-refractivity contribution is 0.235. The Kier molecular flexibility index (Phi) is 5.28. The summed E-state index contributed by atoms with van der Waals surface area (Å²) < 4.78 is 7.58. The van der Waals surface area contributed by atoms with Crippen LogP contribution in [0.5, 0.6) is 5.75 Å². The number of pyridine rings is 1. The van der Waals surface area contributed by atoms with Gasteiger partial charge in [-0.2, -0.15) is 0 Å². The van der Waals surface area contributed by atoms with E-state index in [9.17, 15) is 4.79 Å². The van der Waals surface area contributed by atoms with Crippen molar-refractivity contribution in [3.63, 3.8) is 0 Å². The van der Waals surface area contributed by atoms with E-state index in [0.29, 0.717) is 18.2 Å². The maximum Gasteiger partial charge on any atom is 0.223 e. The molecule has 2 heterocycles. The molecule has 5 heteroatoms. The highest BCUT2D eigenvalue weighted by Crippen LogP contribution is 2.10. The molecule has 0 N–H and O–H groups in total. The molecule has 1 saturated heterocycles. The molecule has 1 aliphatic heterocycles. The van der Waals surface area contributed by atoms with Crippen LogP contribution in [0.3, 0.4) is 0 Å². The number of likely N-dealkylation sites (tertiary alicyclic amines) is 1. The fraction of sp³-hybridized carbons (Fsp3) is 0.643. The molecule has 0 amide bonds. The molecule has 19 heavy (non-hydrogen) atoms. The summed E-state index contributed by atoms with van der Waals surface area (Å²) in [5.41, 5.74) is 0.753. The molecule has 0 spiro atoms. The van der Waals surface area contributed by atoms with Crippen LogP contribution in [0.15, 0.2) is 17.1 Å². The summed E-state index contributed by atoms with van der Waals surface area (Å²) in [4.78, 5) is 14.3. The van der Waals surface area contributed by atoms with Gasteiger partial charge < -0.3 is 9.30 Å². The van der Waals surface area contributed by atoms with Gasteiger partial charge in [0, 0.05) is 24.8 Å². The van der Waals surface area contributed by atoms with Gasteiger partial charge in [-0.1, -0.05) is 0 Å². The number of alkyl halides is 1. The summed E-state index contributed by atoms with van der Waals surface area (Å²) in [7, 11) is 0. The molecule has 1 aliphatic rings. The monoisotopic (exact) mass is 284 g/mol. The summed E-state index contributed by atoms with van der Waals surface area (Å²) >= 11 is 5.82. The van der Waals surface area contributed by atoms with Crippen LogP contribution in [0.4, 0.5) is 0 Å². The molecular weight excluding hydrogens is 264 g/mol. The van der Waals surface area contributed by atoms with E-state index in [1.54, 1.807) is 12.3 Å². The van der Waals surface area contributed by atoms with Crippen molar-refractivity contribution in [2.75, 3.05) is 26.2 Å². The van der Waals surface area contributed by atoms with Crippen LogP contribution in [0.1, 0.15) is 25.5 Å². The molecular formula is C14H21ClN2O2. The van der Waals surface area contributed by atoms with Crippen LogP contribution >= 0.6 is 11.6 Å². The van der Waals surface area contributed by atoms with E-state index in [2.05, 4.69) is 4.90 Å². The van der Waals surface area contributed by atoms with Crippen molar-refractivity contribution in [1.29, 1.82) is 0 Å². The van der Waals surface area contributed by atoms with Gasteiger partial charge in [-0.3, -0.25) is 9.69 Å². The van der Waals surface area contributed by atoms with E-state index < -0.39 is 0 Å². The first-order valence-electron chi connectivity index (χ1n) is 6.89. The van der Waals surface area contributed by atoms with E-state index in [1.165, 1.54) is 12.8 Å². The van der Waals surface area contributed by atoms with Crippen molar-refractivity contribution in [3.8, 4) is 5.75 Å². The van der Waals surface area contributed by atoms with Gasteiger partial charge in [-0.15, -0.1) is 11.6 Å². The third kappa shape index (κ3) is 3.74. The van der Waals surface area contributed by atoms with Gasteiger partial charge in [0.2, 0.25) is 5.43 Å². The summed E-state index contributed by atoms with van der Waals surface area (Å²) in [5.74, 6) is 0.770. The Balaban J connectivity index is 1.97. The minimum atomic E-state index is -0.0817. The van der Waals surface area contributed by atoms with Crippen LogP contribution < -0.4 is 10.2 Å². The highest BCUT2D eigenvalue weighted by atomic mass is 35.5. The summed E-state index contributed by atoms with van der Waals surface area (Å²) in [6.45, 7) is 6.56. The highest BCUT2D eigenvalue weighted by molar-refractivity contribution is 6.16. The molecule has 0 radical (unpaired) electrons. The topological polar surface area (TPSA) is 34.5 Å². The SMILES string of the molecule is CCn1cc(OCCN2CCCC2)c(=O)cc1CCl. The number of aromatic nitrogens is 1. The first-order chi connectivity index (χ1) is 9.24. The van der Waals surface area contributed by atoms with Crippen LogP contribution in [-0.4, -0.2) is 35.7 Å². The molecule has 0 aromatic carbocycles. The average molecular weight is 285 g/mol. The first kappa shape index (κ1) is 14.4. The second kappa shape index (κ2) is 6.96. The molecule has 0 aliphatic carbocycles. The van der Waals surface area contributed by atoms with Crippen LogP contribution in [0.2, 0.25) is 0 Å². The number of hydrogen-bond acceptors (Lipinski definition) is 3. The van der Waals surface area contributed by atoms with E-state index in [0.717, 1.165) is 31.9 Å². The Hall–Kier alpha value is -1.00. The molecule has 2 rings (SSSR count). The average Bonchev–Trinajstić information content (AvgIpc) is 2.93. The largest absolute Gasteiger partial charge is 0.487 e. The van der Waals surface area contributed by atoms with Gasteiger partial charge in [0.1, 0.15) is 6.61 Å². The summed E-state index contributed by atoms with van der Waals surface area (Å²) in [6.07, 6.45) is 4.31. The number of nitrogens with zero attached hydrogens (tertiary/aromatic N) is 2. The van der Waals surface area contributed by atoms with Crippen molar-refractivity contribution in [1.82, 2.24) is 9.47 Å². The van der Waals surface area contributed by atoms with Crippen molar-refractivity contribution in [2.45, 2.75) is 32.2 Å². The first-order valence-corrected chi connectivity index (χ1v) is 7.42. The number of halogens is 1. The number of aryl methyl sites for hydroxylation is 1. The quantitative estimate of drug-likeness (QED) is 0.750. The maximum atomic E-state index is 11.9. The highest BCUT2D eigenvalue weighted by Gasteiger charge is 2.12. The Bertz CT molecular complexity index is 467. The second-order valence-electron chi connectivity index (χ2n) is 4.81. The smallest absolute Gasteiger partial charge is 0.223 e. The molecule has 0 bridgehead atoms. The molecule has 0 unspecified atom stereocenters. The fourth-order valence-corrected chi connectivity index (χ4v) is 2.63. The molecule has 0 saturated carbocycles. The molecule has 1 aromatic heterocycles. The third-order valence-corrected chi connectivity index (χ3v) is 3.80. The van der Waals surface area contributed by atoms with Crippen molar-refractivity contribution in [2.24, 2.45) is 0 Å². The zero-order valence-corrected chi connectivity index (χ0v) is 12.2. The fourth-order valence-electron chi connectivity index (χ4n) is 2.40. The van der Waals surface area contributed by atoms with Crippen molar-refractivity contribution < 1.29 is 4.74 Å². The minimum Gasteiger partial charge on any atom is -0.487 e. The summed E-state index contributed by atoms with van der Waals surface area (Å²) in [5, 5.41) is 0. The maximum absolute atomic E-state index is 11.9. The Morgan fingerprint density at radius 2 is 2.11 bits per heavy atom. The number of ether oxygens (including phenoxy) is 1. The number of rotatable bonds is 6.